The summed E-state index contributed by atoms with van der Waals surface area (Å²) in [7, 11) is -2.69. The van der Waals surface area contributed by atoms with Crippen LogP contribution in [0.3, 0.4) is 0 Å². The van der Waals surface area contributed by atoms with Crippen molar-refractivity contribution in [1.82, 2.24) is 30.1 Å². The van der Waals surface area contributed by atoms with E-state index < -0.39 is 9.73 Å². The van der Waals surface area contributed by atoms with Crippen molar-refractivity contribution in [2.75, 3.05) is 11.6 Å². The van der Waals surface area contributed by atoms with Gasteiger partial charge in [0.25, 0.3) is 0 Å². The Labute approximate surface area is 191 Å². The minimum absolute atomic E-state index is 0.0801. The number of alkyl carbamates (subject to hydrolysis) is 1. The van der Waals surface area contributed by atoms with Crippen LogP contribution in [0.2, 0.25) is 0 Å². The summed E-state index contributed by atoms with van der Waals surface area (Å²) in [5.74, 6) is 1.52. The molecule has 33 heavy (non-hydrogen) atoms. The second-order valence-electron chi connectivity index (χ2n) is 9.45. The molecular weight excluding hydrogens is 444 g/mol. The summed E-state index contributed by atoms with van der Waals surface area (Å²) < 4.78 is 26.7. The number of aromatic amines is 1. The van der Waals surface area contributed by atoms with Gasteiger partial charge in [0.1, 0.15) is 11.6 Å². The number of H-pyrrole nitrogens is 1. The average molecular weight is 473 g/mol. The van der Waals surface area contributed by atoms with E-state index >= 15 is 0 Å². The summed E-state index contributed by atoms with van der Waals surface area (Å²) >= 11 is 0. The zero-order chi connectivity index (χ0) is 23.2. The number of anilines is 2. The first kappa shape index (κ1) is 21.7. The van der Waals surface area contributed by atoms with Gasteiger partial charge in [-0.1, -0.05) is 0 Å². The molecule has 0 spiro atoms. The van der Waals surface area contributed by atoms with E-state index in [0.717, 1.165) is 37.8 Å². The lowest BCUT2D eigenvalue weighted by Gasteiger charge is -2.16. The lowest BCUT2D eigenvalue weighted by atomic mass is 10.0. The van der Waals surface area contributed by atoms with E-state index in [1.807, 2.05) is 13.0 Å². The van der Waals surface area contributed by atoms with Gasteiger partial charge in [-0.25, -0.2) is 18.5 Å². The number of carbonyl (C=O) groups excluding carboxylic acids is 1. The Balaban J connectivity index is 1.23. The van der Waals surface area contributed by atoms with Crippen LogP contribution in [0, 0.1) is 4.78 Å². The van der Waals surface area contributed by atoms with Crippen LogP contribution in [0.1, 0.15) is 56.3 Å². The van der Waals surface area contributed by atoms with Crippen LogP contribution in [0.25, 0.3) is 5.52 Å². The largest absolute Gasteiger partial charge is 0.446 e. The van der Waals surface area contributed by atoms with Gasteiger partial charge < -0.3 is 15.4 Å². The number of rotatable bonds is 7. The quantitative estimate of drug-likeness (QED) is 0.412. The van der Waals surface area contributed by atoms with Crippen molar-refractivity contribution in [3.8, 4) is 0 Å². The maximum atomic E-state index is 12.1. The van der Waals surface area contributed by atoms with Crippen LogP contribution in [-0.4, -0.2) is 53.0 Å². The van der Waals surface area contributed by atoms with E-state index in [1.54, 1.807) is 23.0 Å². The first-order valence-electron chi connectivity index (χ1n) is 11.0. The monoisotopic (exact) mass is 472 g/mol. The number of nitrogens with one attached hydrogen (secondary N) is 4. The summed E-state index contributed by atoms with van der Waals surface area (Å²) in [6.45, 7) is 2.03. The molecule has 4 N–H and O–H groups in total. The van der Waals surface area contributed by atoms with E-state index in [1.165, 1.54) is 6.26 Å². The molecule has 5 rings (SSSR count). The summed E-state index contributed by atoms with van der Waals surface area (Å²) in [5.41, 5.74) is 2.20. The van der Waals surface area contributed by atoms with Gasteiger partial charge in [0.05, 0.1) is 11.4 Å². The van der Waals surface area contributed by atoms with Crippen molar-refractivity contribution in [2.24, 2.45) is 0 Å². The van der Waals surface area contributed by atoms with Gasteiger partial charge in [-0.2, -0.15) is 10.2 Å². The normalized spacial score (nSPS) is 23.2. The maximum absolute atomic E-state index is 12.1. The Bertz CT molecular complexity index is 1290. The molecule has 12 heteroatoms. The van der Waals surface area contributed by atoms with Crippen molar-refractivity contribution in [3.05, 3.63) is 35.9 Å². The summed E-state index contributed by atoms with van der Waals surface area (Å²) in [6, 6.07) is 3.73. The number of amides is 1. The predicted octanol–water partition coefficient (Wildman–Crippen LogP) is 3.29. The molecule has 0 aromatic carbocycles. The highest BCUT2D eigenvalue weighted by atomic mass is 32.2. The first-order chi connectivity index (χ1) is 15.7. The molecule has 2 saturated carbocycles. The van der Waals surface area contributed by atoms with Crippen LogP contribution in [0.4, 0.5) is 16.4 Å². The van der Waals surface area contributed by atoms with Crippen LogP contribution in [-0.2, 0) is 20.2 Å². The standard InChI is InChI=1S/C21H28N8O3S/c1-21(5-6-21)25-20(30)32-15-4-3-13(9-15)16-11-18(27-26-16)24-19-17-10-14(12-33(2,22)31)28-29(17)8-7-23-19/h7-8,10-11,13,15,22H,3-6,9,12H2,1-2H3,(H,25,30)(H2,23,24,26,27)/t13-,15+,33?/m0/s1. The number of hydrogen-bond donors (Lipinski definition) is 4. The highest BCUT2D eigenvalue weighted by Crippen LogP contribution is 2.37. The first-order valence-corrected chi connectivity index (χ1v) is 13.2. The molecule has 11 nitrogen and oxygen atoms in total. The highest BCUT2D eigenvalue weighted by Gasteiger charge is 2.40. The highest BCUT2D eigenvalue weighted by molar-refractivity contribution is 7.90. The van der Waals surface area contributed by atoms with Crippen molar-refractivity contribution in [1.29, 1.82) is 4.78 Å². The molecule has 3 aromatic rings. The third-order valence-corrected chi connectivity index (χ3v) is 7.06. The molecule has 0 saturated heterocycles. The Kier molecular flexibility index (Phi) is 5.26. The second-order valence-corrected chi connectivity index (χ2v) is 11.7. The molecular formula is C21H28N8O3S. The smallest absolute Gasteiger partial charge is 0.407 e. The third kappa shape index (κ3) is 5.10. The van der Waals surface area contributed by atoms with Crippen molar-refractivity contribution in [2.45, 2.75) is 62.3 Å². The zero-order valence-electron chi connectivity index (χ0n) is 18.6. The number of hydrogen-bond acceptors (Lipinski definition) is 8. The molecule has 0 radical (unpaired) electrons. The Morgan fingerprint density at radius 2 is 2.21 bits per heavy atom. The lowest BCUT2D eigenvalue weighted by Crippen LogP contribution is -2.36. The Morgan fingerprint density at radius 3 is 2.97 bits per heavy atom. The van der Waals surface area contributed by atoms with Crippen LogP contribution < -0.4 is 10.6 Å². The molecule has 0 bridgehead atoms. The fraction of sp³-hybridized carbons (Fsp3) is 0.524. The molecule has 0 aliphatic heterocycles. The van der Waals surface area contributed by atoms with Crippen LogP contribution in [0.5, 0.6) is 0 Å². The molecule has 176 valence electrons. The Morgan fingerprint density at radius 1 is 1.39 bits per heavy atom. The van der Waals surface area contributed by atoms with Crippen LogP contribution >= 0.6 is 0 Å². The van der Waals surface area contributed by atoms with Crippen molar-refractivity contribution in [3.63, 3.8) is 0 Å². The van der Waals surface area contributed by atoms with Gasteiger partial charge in [-0.3, -0.25) is 9.88 Å². The average Bonchev–Trinajstić information content (AvgIpc) is 3.12. The minimum Gasteiger partial charge on any atom is -0.446 e. The molecule has 2 aliphatic carbocycles. The van der Waals surface area contributed by atoms with Gasteiger partial charge in [-0.05, 0) is 45.1 Å². The zero-order valence-corrected chi connectivity index (χ0v) is 19.4. The number of ether oxygens (including phenoxy) is 1. The number of fused-ring (bicyclic) bond motifs is 1. The fourth-order valence-corrected chi connectivity index (χ4v) is 4.93. The molecule has 2 aliphatic rings. The van der Waals surface area contributed by atoms with Gasteiger partial charge in [0.15, 0.2) is 11.6 Å². The SMILES string of the molecule is CC1(NC(=O)O[C@@H]2CC[C@H](c3cc(Nc4nccn5nc(CS(C)(=N)=O)cc45)n[nH]3)C2)CC1. The van der Waals surface area contributed by atoms with E-state index in [4.69, 9.17) is 9.52 Å². The molecule has 1 amide bonds. The van der Waals surface area contributed by atoms with Crippen molar-refractivity contribution < 1.29 is 13.7 Å². The predicted molar refractivity (Wildman–Crippen MR) is 123 cm³/mol. The van der Waals surface area contributed by atoms with E-state index in [9.17, 15) is 9.00 Å². The third-order valence-electron chi connectivity index (χ3n) is 6.21. The summed E-state index contributed by atoms with van der Waals surface area (Å²) in [4.78, 5) is 16.5. The van der Waals surface area contributed by atoms with Crippen LogP contribution in [0.15, 0.2) is 24.5 Å². The second kappa shape index (κ2) is 8.01. The van der Waals surface area contributed by atoms with Gasteiger partial charge in [-0.15, -0.1) is 0 Å². The van der Waals surface area contributed by atoms with Gasteiger partial charge >= 0.3 is 6.09 Å². The lowest BCUT2D eigenvalue weighted by molar-refractivity contribution is 0.0967. The molecule has 2 fully saturated rings. The minimum atomic E-state index is -2.69. The van der Waals surface area contributed by atoms with Gasteiger partial charge in [0, 0.05) is 51.6 Å². The molecule has 3 heterocycles. The summed E-state index contributed by atoms with van der Waals surface area (Å²) in [6.07, 6.45) is 8.83. The molecule has 1 unspecified atom stereocenters. The maximum Gasteiger partial charge on any atom is 0.407 e. The van der Waals surface area contributed by atoms with Gasteiger partial charge in [0.2, 0.25) is 0 Å². The fourth-order valence-electron chi connectivity index (χ4n) is 4.22. The molecule has 3 atom stereocenters. The van der Waals surface area contributed by atoms with E-state index in [-0.39, 0.29) is 29.4 Å². The Hall–Kier alpha value is -3.15. The number of carbonyl (C=O) groups is 1. The van der Waals surface area contributed by atoms with Crippen molar-refractivity contribution >= 4 is 33.0 Å². The number of nitrogens with zero attached hydrogens (tertiary/aromatic N) is 4. The van der Waals surface area contributed by atoms with E-state index in [2.05, 4.69) is 30.9 Å². The summed E-state index contributed by atoms with van der Waals surface area (Å²) in [5, 5.41) is 18.0. The number of aromatic nitrogens is 5. The molecule has 3 aromatic heterocycles. The topological polar surface area (TPSA) is 150 Å². The van der Waals surface area contributed by atoms with E-state index in [0.29, 0.717) is 22.8 Å².